The third-order valence-electron chi connectivity index (χ3n) is 2.57. The molecule has 104 valence electrons. The van der Waals surface area contributed by atoms with Crippen LogP contribution >= 0.6 is 11.6 Å². The predicted octanol–water partition coefficient (Wildman–Crippen LogP) is 2.27. The van der Waals surface area contributed by atoms with E-state index >= 15 is 0 Å². The fourth-order valence-electron chi connectivity index (χ4n) is 1.62. The molecule has 1 atom stereocenters. The molecule has 2 N–H and O–H groups in total. The molecule has 1 rings (SSSR count). The van der Waals surface area contributed by atoms with Crippen LogP contribution in [0.25, 0.3) is 0 Å². The van der Waals surface area contributed by atoms with Crippen molar-refractivity contribution in [2.75, 3.05) is 0 Å². The van der Waals surface area contributed by atoms with Crippen LogP contribution in [0.3, 0.4) is 0 Å². The number of carboxylic acids is 1. The van der Waals surface area contributed by atoms with Gasteiger partial charge in [-0.15, -0.1) is 0 Å². The minimum absolute atomic E-state index is 0.202. The lowest BCUT2D eigenvalue weighted by atomic mass is 9.86. The summed E-state index contributed by atoms with van der Waals surface area (Å²) in [6.07, 6.45) is 0. The van der Waals surface area contributed by atoms with Gasteiger partial charge < -0.3 is 10.4 Å². The highest BCUT2D eigenvalue weighted by atomic mass is 35.5. The van der Waals surface area contributed by atoms with Crippen molar-refractivity contribution < 1.29 is 14.7 Å². The Morgan fingerprint density at radius 2 is 1.95 bits per heavy atom. The Bertz CT molecular complexity index is 489. The van der Waals surface area contributed by atoms with E-state index in [1.54, 1.807) is 33.8 Å². The van der Waals surface area contributed by atoms with Crippen molar-refractivity contribution in [3.8, 4) is 0 Å². The van der Waals surface area contributed by atoms with Gasteiger partial charge in [-0.1, -0.05) is 32.4 Å². The average molecular weight is 285 g/mol. The molecule has 0 aliphatic rings. The van der Waals surface area contributed by atoms with E-state index < -0.39 is 23.3 Å². The van der Waals surface area contributed by atoms with Crippen molar-refractivity contribution in [1.82, 2.24) is 10.3 Å². The molecule has 5 nitrogen and oxygen atoms in total. The number of rotatable bonds is 3. The van der Waals surface area contributed by atoms with E-state index in [0.29, 0.717) is 11.3 Å². The van der Waals surface area contributed by atoms with Crippen LogP contribution < -0.4 is 5.32 Å². The number of nitrogens with one attached hydrogen (secondary N) is 1. The summed E-state index contributed by atoms with van der Waals surface area (Å²) in [7, 11) is 0. The molecule has 0 unspecified atom stereocenters. The van der Waals surface area contributed by atoms with Gasteiger partial charge in [0.2, 0.25) is 0 Å². The van der Waals surface area contributed by atoms with Crippen molar-refractivity contribution in [2.45, 2.75) is 33.7 Å². The Labute approximate surface area is 117 Å². The van der Waals surface area contributed by atoms with Crippen LogP contribution in [0.5, 0.6) is 0 Å². The maximum Gasteiger partial charge on any atom is 0.326 e. The number of aliphatic carboxylic acids is 1. The van der Waals surface area contributed by atoms with E-state index in [-0.39, 0.29) is 5.15 Å². The summed E-state index contributed by atoms with van der Waals surface area (Å²) in [5, 5.41) is 11.9. The van der Waals surface area contributed by atoms with Crippen LogP contribution in [0.2, 0.25) is 5.15 Å². The first-order valence-corrected chi connectivity index (χ1v) is 6.17. The van der Waals surface area contributed by atoms with Crippen molar-refractivity contribution in [3.05, 3.63) is 28.5 Å². The van der Waals surface area contributed by atoms with Gasteiger partial charge >= 0.3 is 5.97 Å². The molecular weight excluding hydrogens is 268 g/mol. The maximum atomic E-state index is 12.0. The van der Waals surface area contributed by atoms with Gasteiger partial charge in [0, 0.05) is 11.3 Å². The number of halogens is 1. The molecule has 1 aromatic rings. The number of aryl methyl sites for hydroxylation is 1. The summed E-state index contributed by atoms with van der Waals surface area (Å²) in [5.41, 5.74) is 0.307. The van der Waals surface area contributed by atoms with Gasteiger partial charge in [-0.25, -0.2) is 9.78 Å². The van der Waals surface area contributed by atoms with E-state index in [4.69, 9.17) is 16.7 Å². The topological polar surface area (TPSA) is 79.3 Å². The van der Waals surface area contributed by atoms with Crippen LogP contribution in [-0.2, 0) is 4.79 Å². The zero-order valence-corrected chi connectivity index (χ0v) is 12.1. The largest absolute Gasteiger partial charge is 0.480 e. The summed E-state index contributed by atoms with van der Waals surface area (Å²) in [6.45, 7) is 6.95. The lowest BCUT2D eigenvalue weighted by Crippen LogP contribution is -2.49. The zero-order chi connectivity index (χ0) is 14.8. The van der Waals surface area contributed by atoms with E-state index in [1.807, 2.05) is 0 Å². The third-order valence-corrected chi connectivity index (χ3v) is 2.77. The van der Waals surface area contributed by atoms with Crippen molar-refractivity contribution in [1.29, 1.82) is 0 Å². The molecule has 0 aliphatic heterocycles. The van der Waals surface area contributed by atoms with Gasteiger partial charge in [0.05, 0.1) is 0 Å². The summed E-state index contributed by atoms with van der Waals surface area (Å²) in [4.78, 5) is 27.2. The van der Waals surface area contributed by atoms with Crippen molar-refractivity contribution in [3.63, 3.8) is 0 Å². The predicted molar refractivity (Wildman–Crippen MR) is 72.3 cm³/mol. The van der Waals surface area contributed by atoms with E-state index in [9.17, 15) is 9.59 Å². The molecule has 0 saturated heterocycles. The standard InChI is InChI=1S/C13H17ClN2O3/c1-7-5-8(6-9(14)15-7)11(17)16-10(12(18)19)13(2,3)4/h5-6,10H,1-4H3,(H,16,17)(H,18,19)/t10-/m0/s1. The van der Waals surface area contributed by atoms with Crippen LogP contribution in [0, 0.1) is 12.3 Å². The number of nitrogens with zero attached hydrogens (tertiary/aromatic N) is 1. The molecule has 19 heavy (non-hydrogen) atoms. The van der Waals surface area contributed by atoms with Gasteiger partial charge in [0.15, 0.2) is 0 Å². The molecule has 0 fully saturated rings. The Balaban J connectivity index is 2.97. The lowest BCUT2D eigenvalue weighted by Gasteiger charge is -2.27. The molecule has 0 saturated carbocycles. The Hall–Kier alpha value is -1.62. The molecule has 1 aromatic heterocycles. The highest BCUT2D eigenvalue weighted by molar-refractivity contribution is 6.29. The number of carbonyl (C=O) groups is 2. The minimum atomic E-state index is -1.07. The SMILES string of the molecule is Cc1cc(C(=O)N[C@@H](C(=O)O)C(C)(C)C)cc(Cl)n1. The normalized spacial score (nSPS) is 12.9. The van der Waals surface area contributed by atoms with Crippen LogP contribution in [-0.4, -0.2) is 28.0 Å². The van der Waals surface area contributed by atoms with Gasteiger partial charge in [0.1, 0.15) is 11.2 Å². The second-order valence-corrected chi connectivity index (χ2v) is 5.82. The molecule has 0 bridgehead atoms. The number of hydrogen-bond acceptors (Lipinski definition) is 3. The van der Waals surface area contributed by atoms with Crippen molar-refractivity contribution >= 4 is 23.5 Å². The van der Waals surface area contributed by atoms with Gasteiger partial charge in [-0.05, 0) is 24.5 Å². The van der Waals surface area contributed by atoms with Crippen LogP contribution in [0.4, 0.5) is 0 Å². The minimum Gasteiger partial charge on any atom is -0.480 e. The number of carboxylic acid groups (broad SMARTS) is 1. The number of aromatic nitrogens is 1. The quantitative estimate of drug-likeness (QED) is 0.835. The summed E-state index contributed by atoms with van der Waals surface area (Å²) in [6, 6.07) is 1.99. The van der Waals surface area contributed by atoms with Crippen LogP contribution in [0.15, 0.2) is 12.1 Å². The van der Waals surface area contributed by atoms with Crippen LogP contribution in [0.1, 0.15) is 36.8 Å². The highest BCUT2D eigenvalue weighted by Crippen LogP contribution is 2.20. The second kappa shape index (κ2) is 5.57. The highest BCUT2D eigenvalue weighted by Gasteiger charge is 2.32. The smallest absolute Gasteiger partial charge is 0.326 e. The molecule has 0 radical (unpaired) electrons. The Morgan fingerprint density at radius 1 is 1.37 bits per heavy atom. The number of pyridine rings is 1. The van der Waals surface area contributed by atoms with Gasteiger partial charge in [-0.2, -0.15) is 0 Å². The van der Waals surface area contributed by atoms with Gasteiger partial charge in [0.25, 0.3) is 5.91 Å². The second-order valence-electron chi connectivity index (χ2n) is 5.43. The monoisotopic (exact) mass is 284 g/mol. The van der Waals surface area contributed by atoms with E-state index in [1.165, 1.54) is 6.07 Å². The fraction of sp³-hybridized carbons (Fsp3) is 0.462. The summed E-state index contributed by atoms with van der Waals surface area (Å²) in [5.74, 6) is -1.55. The summed E-state index contributed by atoms with van der Waals surface area (Å²) >= 11 is 5.78. The van der Waals surface area contributed by atoms with Crippen molar-refractivity contribution in [2.24, 2.45) is 5.41 Å². The number of carbonyl (C=O) groups excluding carboxylic acids is 1. The Morgan fingerprint density at radius 3 is 2.37 bits per heavy atom. The summed E-state index contributed by atoms with van der Waals surface area (Å²) < 4.78 is 0. The average Bonchev–Trinajstić information content (AvgIpc) is 2.21. The maximum absolute atomic E-state index is 12.0. The molecule has 1 heterocycles. The molecule has 0 aliphatic carbocycles. The molecule has 0 spiro atoms. The third kappa shape index (κ3) is 4.21. The number of amides is 1. The zero-order valence-electron chi connectivity index (χ0n) is 11.3. The first kappa shape index (κ1) is 15.4. The molecule has 6 heteroatoms. The first-order chi connectivity index (χ1) is 8.61. The van der Waals surface area contributed by atoms with E-state index in [0.717, 1.165) is 0 Å². The van der Waals surface area contributed by atoms with Gasteiger partial charge in [-0.3, -0.25) is 4.79 Å². The molecular formula is C13H17ClN2O3. The molecule has 0 aromatic carbocycles. The molecule has 1 amide bonds. The first-order valence-electron chi connectivity index (χ1n) is 5.79. The number of hydrogen-bond donors (Lipinski definition) is 2. The lowest BCUT2D eigenvalue weighted by molar-refractivity contribution is -0.142. The van der Waals surface area contributed by atoms with E-state index in [2.05, 4.69) is 10.3 Å². The fourth-order valence-corrected chi connectivity index (χ4v) is 1.87. The Kier molecular flexibility index (Phi) is 4.52.